The van der Waals surface area contributed by atoms with Crippen LogP contribution in [0.1, 0.15) is 10.5 Å². The molecule has 0 spiro atoms. The fourth-order valence-electron chi connectivity index (χ4n) is 1.49. The second-order valence-corrected chi connectivity index (χ2v) is 5.18. The van der Waals surface area contributed by atoms with Crippen molar-refractivity contribution < 1.29 is 9.90 Å². The molecule has 0 amide bonds. The summed E-state index contributed by atoms with van der Waals surface area (Å²) in [5.74, 6) is -0.906. The minimum atomic E-state index is -0.906. The van der Waals surface area contributed by atoms with Crippen LogP contribution in [-0.2, 0) is 0 Å². The molecule has 14 heavy (non-hydrogen) atoms. The summed E-state index contributed by atoms with van der Waals surface area (Å²) in [6.07, 6.45) is 0. The number of rotatable bonds is 1. The highest BCUT2D eigenvalue weighted by Crippen LogP contribution is 2.37. The zero-order valence-electron chi connectivity index (χ0n) is 6.90. The summed E-state index contributed by atoms with van der Waals surface area (Å²) in [5, 5.41) is 11.9. The molecule has 0 aliphatic carbocycles. The summed E-state index contributed by atoms with van der Waals surface area (Å²) in [6.45, 7) is 0. The van der Waals surface area contributed by atoms with E-state index >= 15 is 0 Å². The third-order valence-electron chi connectivity index (χ3n) is 2.11. The topological polar surface area (TPSA) is 53.1 Å². The van der Waals surface area contributed by atoms with Crippen molar-refractivity contribution in [3.8, 4) is 0 Å². The molecule has 0 saturated carbocycles. The quantitative estimate of drug-likeness (QED) is 0.665. The van der Waals surface area contributed by atoms with Gasteiger partial charge < -0.3 is 10.1 Å². The molecule has 0 unspecified atom stereocenters. The van der Waals surface area contributed by atoms with Gasteiger partial charge in [-0.25, -0.2) is 4.79 Å². The molecule has 3 heterocycles. The summed E-state index contributed by atoms with van der Waals surface area (Å²) in [4.78, 5) is 13.6. The molecule has 3 nitrogen and oxygen atoms in total. The summed E-state index contributed by atoms with van der Waals surface area (Å²) >= 11 is 3.31. The van der Waals surface area contributed by atoms with Gasteiger partial charge in [0, 0.05) is 5.39 Å². The molecule has 0 aliphatic heterocycles. The number of carboxylic acid groups (broad SMARTS) is 1. The molecule has 2 N–H and O–H groups in total. The predicted molar refractivity (Wildman–Crippen MR) is 58.5 cm³/mol. The van der Waals surface area contributed by atoms with E-state index < -0.39 is 5.97 Å². The van der Waals surface area contributed by atoms with Crippen LogP contribution in [0.2, 0.25) is 0 Å². The molecule has 70 valence electrons. The van der Waals surface area contributed by atoms with E-state index in [0.717, 1.165) is 15.6 Å². The summed E-state index contributed by atoms with van der Waals surface area (Å²) < 4.78 is 2.26. The first kappa shape index (κ1) is 8.02. The van der Waals surface area contributed by atoms with E-state index in [2.05, 4.69) is 4.98 Å². The molecule has 0 aromatic carbocycles. The molecular weight excluding hydrogens is 218 g/mol. The normalized spacial score (nSPS) is 11.4. The van der Waals surface area contributed by atoms with E-state index in [1.807, 2.05) is 11.4 Å². The Balaban J connectivity index is 2.43. The highest BCUT2D eigenvalue weighted by Gasteiger charge is 2.12. The summed E-state index contributed by atoms with van der Waals surface area (Å²) in [5.41, 5.74) is 1.21. The van der Waals surface area contributed by atoms with Crippen LogP contribution in [0, 0.1) is 0 Å². The van der Waals surface area contributed by atoms with Crippen LogP contribution >= 0.6 is 22.7 Å². The number of hydrogen-bond acceptors (Lipinski definition) is 3. The van der Waals surface area contributed by atoms with E-state index in [0.29, 0.717) is 0 Å². The third-order valence-corrected chi connectivity index (χ3v) is 4.31. The lowest BCUT2D eigenvalue weighted by atomic mass is 10.4. The fraction of sp³-hybridized carbons (Fsp3) is 0. The lowest BCUT2D eigenvalue weighted by Crippen LogP contribution is -1.94. The van der Waals surface area contributed by atoms with Crippen LogP contribution in [0.25, 0.3) is 19.6 Å². The zero-order chi connectivity index (χ0) is 9.71. The number of nitrogens with one attached hydrogen (secondary N) is 1. The molecule has 3 aromatic rings. The van der Waals surface area contributed by atoms with Crippen molar-refractivity contribution >= 4 is 48.3 Å². The number of carboxylic acids is 1. The molecule has 0 aliphatic rings. The first-order chi connectivity index (χ1) is 6.75. The average molecular weight is 223 g/mol. The molecule has 0 saturated heterocycles. The molecule has 3 aromatic heterocycles. The zero-order valence-corrected chi connectivity index (χ0v) is 8.54. The van der Waals surface area contributed by atoms with E-state index in [1.165, 1.54) is 4.01 Å². The maximum atomic E-state index is 10.7. The Morgan fingerprint density at radius 3 is 3.14 bits per heavy atom. The van der Waals surface area contributed by atoms with Crippen LogP contribution in [0.3, 0.4) is 0 Å². The fourth-order valence-corrected chi connectivity index (χ4v) is 3.66. The highest BCUT2D eigenvalue weighted by molar-refractivity contribution is 7.41. The molecule has 0 bridgehead atoms. The molecular formula is C9H5NO2S2. The second kappa shape index (κ2) is 2.59. The molecule has 0 atom stereocenters. The third kappa shape index (κ3) is 0.935. The standard InChI is InChI=1S/C9H5NO2S2/c11-8(12)5-3-6-7(10-5)4-1-2-13-9(4)14-6/h1-3,10H,(H,11,12). The minimum Gasteiger partial charge on any atom is -0.477 e. The van der Waals surface area contributed by atoms with Crippen LogP contribution in [0.15, 0.2) is 17.5 Å². The lowest BCUT2D eigenvalue weighted by Gasteiger charge is -1.84. The second-order valence-electron chi connectivity index (χ2n) is 2.95. The Morgan fingerprint density at radius 1 is 1.50 bits per heavy atom. The van der Waals surface area contributed by atoms with E-state index in [4.69, 9.17) is 5.11 Å². The summed E-state index contributed by atoms with van der Waals surface area (Å²) in [6, 6.07) is 3.70. The molecule has 5 heteroatoms. The maximum absolute atomic E-state index is 10.7. The number of aromatic carboxylic acids is 1. The van der Waals surface area contributed by atoms with Crippen molar-refractivity contribution in [2.75, 3.05) is 0 Å². The van der Waals surface area contributed by atoms with Crippen molar-refractivity contribution in [3.63, 3.8) is 0 Å². The highest BCUT2D eigenvalue weighted by atomic mass is 32.2. The van der Waals surface area contributed by atoms with Gasteiger partial charge in [-0.3, -0.25) is 0 Å². The molecule has 0 radical (unpaired) electrons. The van der Waals surface area contributed by atoms with Gasteiger partial charge >= 0.3 is 5.97 Å². The number of hydrogen-bond donors (Lipinski definition) is 2. The average Bonchev–Trinajstić information content (AvgIpc) is 2.70. The largest absolute Gasteiger partial charge is 0.477 e. The van der Waals surface area contributed by atoms with Gasteiger partial charge in [-0.15, -0.1) is 22.7 Å². The smallest absolute Gasteiger partial charge is 0.352 e. The monoisotopic (exact) mass is 223 g/mol. The Bertz CT molecular complexity index is 631. The first-order valence-electron chi connectivity index (χ1n) is 3.98. The maximum Gasteiger partial charge on any atom is 0.352 e. The number of fused-ring (bicyclic) bond motifs is 3. The Labute approximate surface area is 86.6 Å². The van der Waals surface area contributed by atoms with Gasteiger partial charge in [-0.1, -0.05) is 0 Å². The Morgan fingerprint density at radius 2 is 2.36 bits per heavy atom. The van der Waals surface area contributed by atoms with E-state index in [9.17, 15) is 4.79 Å². The van der Waals surface area contributed by atoms with Gasteiger partial charge in [0.25, 0.3) is 0 Å². The Hall–Kier alpha value is -1.33. The van der Waals surface area contributed by atoms with Gasteiger partial charge in [-0.2, -0.15) is 0 Å². The number of H-pyrrole nitrogens is 1. The predicted octanol–water partition coefficient (Wildman–Crippen LogP) is 3.14. The first-order valence-corrected chi connectivity index (χ1v) is 5.67. The SMILES string of the molecule is O=C(O)c1cc2sc3sccc3c2[nH]1. The van der Waals surface area contributed by atoms with Crippen molar-refractivity contribution in [1.29, 1.82) is 0 Å². The van der Waals surface area contributed by atoms with Crippen molar-refractivity contribution in [2.45, 2.75) is 0 Å². The number of carbonyl (C=O) groups is 1. The van der Waals surface area contributed by atoms with E-state index in [-0.39, 0.29) is 5.69 Å². The number of thiophene rings is 2. The van der Waals surface area contributed by atoms with Gasteiger partial charge in [-0.05, 0) is 17.5 Å². The number of aromatic amines is 1. The van der Waals surface area contributed by atoms with Crippen LogP contribution < -0.4 is 0 Å². The van der Waals surface area contributed by atoms with Gasteiger partial charge in [0.1, 0.15) is 5.69 Å². The van der Waals surface area contributed by atoms with Crippen molar-refractivity contribution in [1.82, 2.24) is 4.98 Å². The van der Waals surface area contributed by atoms with E-state index in [1.54, 1.807) is 28.7 Å². The summed E-state index contributed by atoms with van der Waals surface area (Å²) in [7, 11) is 0. The van der Waals surface area contributed by atoms with Gasteiger partial charge in [0.2, 0.25) is 0 Å². The Kier molecular flexibility index (Phi) is 1.48. The molecule has 0 fully saturated rings. The van der Waals surface area contributed by atoms with Gasteiger partial charge in [0.15, 0.2) is 0 Å². The van der Waals surface area contributed by atoms with Crippen LogP contribution in [0.4, 0.5) is 0 Å². The van der Waals surface area contributed by atoms with Gasteiger partial charge in [0.05, 0.1) is 14.2 Å². The minimum absolute atomic E-state index is 0.263. The lowest BCUT2D eigenvalue weighted by molar-refractivity contribution is 0.0691. The number of aromatic nitrogens is 1. The van der Waals surface area contributed by atoms with Crippen molar-refractivity contribution in [2.24, 2.45) is 0 Å². The van der Waals surface area contributed by atoms with Crippen LogP contribution in [0.5, 0.6) is 0 Å². The van der Waals surface area contributed by atoms with Crippen LogP contribution in [-0.4, -0.2) is 16.1 Å². The molecule has 3 rings (SSSR count). The van der Waals surface area contributed by atoms with Crippen molar-refractivity contribution in [3.05, 3.63) is 23.2 Å².